The molecule has 0 bridgehead atoms. The maximum absolute atomic E-state index is 12.6. The van der Waals surface area contributed by atoms with Crippen molar-refractivity contribution in [2.45, 2.75) is 0 Å². The zero-order valence-corrected chi connectivity index (χ0v) is 17.3. The summed E-state index contributed by atoms with van der Waals surface area (Å²) in [4.78, 5) is 17.2. The molecule has 0 aliphatic carbocycles. The van der Waals surface area contributed by atoms with Crippen molar-refractivity contribution in [2.75, 3.05) is 19.5 Å². The highest BCUT2D eigenvalue weighted by Gasteiger charge is 2.14. The Morgan fingerprint density at radius 2 is 1.79 bits per heavy atom. The Kier molecular flexibility index (Phi) is 5.38. The Morgan fingerprint density at radius 3 is 2.52 bits per heavy atom. The molecular formula is C22H17ClN2O3S. The van der Waals surface area contributed by atoms with E-state index in [0.717, 1.165) is 20.8 Å². The van der Waals surface area contributed by atoms with Gasteiger partial charge in [0.2, 0.25) is 0 Å². The van der Waals surface area contributed by atoms with Crippen molar-refractivity contribution in [2.24, 2.45) is 0 Å². The molecular weight excluding hydrogens is 408 g/mol. The largest absolute Gasteiger partial charge is 0.493 e. The van der Waals surface area contributed by atoms with Gasteiger partial charge in [0.1, 0.15) is 5.01 Å². The van der Waals surface area contributed by atoms with Crippen LogP contribution in [0.1, 0.15) is 10.4 Å². The smallest absolute Gasteiger partial charge is 0.255 e. The van der Waals surface area contributed by atoms with Crippen molar-refractivity contribution in [3.8, 4) is 22.1 Å². The van der Waals surface area contributed by atoms with Crippen LogP contribution in [0, 0.1) is 0 Å². The average molecular weight is 425 g/mol. The molecule has 7 heteroatoms. The van der Waals surface area contributed by atoms with Crippen molar-refractivity contribution in [3.05, 3.63) is 71.2 Å². The molecule has 1 aromatic heterocycles. The third-order valence-corrected chi connectivity index (χ3v) is 5.78. The van der Waals surface area contributed by atoms with E-state index < -0.39 is 0 Å². The van der Waals surface area contributed by atoms with E-state index in [2.05, 4.69) is 10.3 Å². The molecule has 146 valence electrons. The fraction of sp³-hybridized carbons (Fsp3) is 0.0909. The van der Waals surface area contributed by atoms with Crippen LogP contribution >= 0.6 is 22.9 Å². The predicted molar refractivity (Wildman–Crippen MR) is 118 cm³/mol. The van der Waals surface area contributed by atoms with E-state index in [1.165, 1.54) is 7.11 Å². The van der Waals surface area contributed by atoms with Gasteiger partial charge in [0, 0.05) is 16.8 Å². The van der Waals surface area contributed by atoms with Crippen LogP contribution in [0.15, 0.2) is 60.7 Å². The quantitative estimate of drug-likeness (QED) is 0.434. The van der Waals surface area contributed by atoms with E-state index in [0.29, 0.717) is 27.8 Å². The zero-order chi connectivity index (χ0) is 20.4. The summed E-state index contributed by atoms with van der Waals surface area (Å²) in [7, 11) is 3.08. The number of hydrogen-bond acceptors (Lipinski definition) is 5. The van der Waals surface area contributed by atoms with Gasteiger partial charge in [0.25, 0.3) is 5.91 Å². The minimum Gasteiger partial charge on any atom is -0.493 e. The topological polar surface area (TPSA) is 60.5 Å². The van der Waals surface area contributed by atoms with Gasteiger partial charge < -0.3 is 14.8 Å². The lowest BCUT2D eigenvalue weighted by Gasteiger charge is -2.11. The Balaban J connectivity index is 1.57. The first kappa shape index (κ1) is 19.2. The van der Waals surface area contributed by atoms with Gasteiger partial charge in [-0.2, -0.15) is 0 Å². The standard InChI is InChI=1S/C22H17ClN2O3S/c1-27-18-10-7-13(11-19(18)28-2)21(26)24-14-8-9-15(16(23)12-14)22-25-17-5-3-4-6-20(17)29-22/h3-12H,1-2H3,(H,24,26). The number of methoxy groups -OCH3 is 2. The highest BCUT2D eigenvalue weighted by Crippen LogP contribution is 2.35. The molecule has 0 unspecified atom stereocenters. The van der Waals surface area contributed by atoms with Gasteiger partial charge in [-0.15, -0.1) is 11.3 Å². The molecule has 29 heavy (non-hydrogen) atoms. The molecule has 0 fully saturated rings. The minimum atomic E-state index is -0.269. The van der Waals surface area contributed by atoms with Crippen molar-refractivity contribution in [3.63, 3.8) is 0 Å². The van der Waals surface area contributed by atoms with Crippen molar-refractivity contribution >= 4 is 44.7 Å². The van der Waals surface area contributed by atoms with Gasteiger partial charge in [0.15, 0.2) is 11.5 Å². The number of nitrogens with one attached hydrogen (secondary N) is 1. The highest BCUT2D eigenvalue weighted by molar-refractivity contribution is 7.21. The number of anilines is 1. The number of hydrogen-bond donors (Lipinski definition) is 1. The number of para-hydroxylation sites is 1. The number of benzene rings is 3. The molecule has 5 nitrogen and oxygen atoms in total. The number of carbonyl (C=O) groups excluding carboxylic acids is 1. The van der Waals surface area contributed by atoms with E-state index in [9.17, 15) is 4.79 Å². The van der Waals surface area contributed by atoms with Gasteiger partial charge in [-0.3, -0.25) is 4.79 Å². The van der Waals surface area contributed by atoms with E-state index in [-0.39, 0.29) is 5.91 Å². The molecule has 4 rings (SSSR count). The fourth-order valence-electron chi connectivity index (χ4n) is 2.93. The van der Waals surface area contributed by atoms with Crippen LogP contribution in [0.5, 0.6) is 11.5 Å². The normalized spacial score (nSPS) is 10.7. The lowest BCUT2D eigenvalue weighted by molar-refractivity contribution is 0.102. The van der Waals surface area contributed by atoms with E-state index in [1.54, 1.807) is 42.7 Å². The molecule has 0 saturated carbocycles. The summed E-state index contributed by atoms with van der Waals surface area (Å²) in [6.45, 7) is 0. The zero-order valence-electron chi connectivity index (χ0n) is 15.7. The number of halogens is 1. The number of carbonyl (C=O) groups is 1. The Hall–Kier alpha value is -3.09. The van der Waals surface area contributed by atoms with E-state index >= 15 is 0 Å². The molecule has 0 aliphatic heterocycles. The lowest BCUT2D eigenvalue weighted by atomic mass is 10.1. The Bertz CT molecular complexity index is 1170. The Labute approximate surface area is 176 Å². The van der Waals surface area contributed by atoms with Gasteiger partial charge >= 0.3 is 0 Å². The maximum Gasteiger partial charge on any atom is 0.255 e. The Morgan fingerprint density at radius 1 is 1.00 bits per heavy atom. The van der Waals surface area contributed by atoms with Crippen LogP contribution in [-0.4, -0.2) is 25.1 Å². The van der Waals surface area contributed by atoms with E-state index in [4.69, 9.17) is 21.1 Å². The second-order valence-corrected chi connectivity index (χ2v) is 7.64. The summed E-state index contributed by atoms with van der Waals surface area (Å²) in [6, 6.07) is 18.3. The van der Waals surface area contributed by atoms with E-state index in [1.807, 2.05) is 36.4 Å². The predicted octanol–water partition coefficient (Wildman–Crippen LogP) is 5.89. The number of fused-ring (bicyclic) bond motifs is 1. The van der Waals surface area contributed by atoms with Gasteiger partial charge in [-0.25, -0.2) is 4.98 Å². The number of thiazole rings is 1. The molecule has 1 heterocycles. The lowest BCUT2D eigenvalue weighted by Crippen LogP contribution is -2.12. The molecule has 4 aromatic rings. The molecule has 0 aliphatic rings. The van der Waals surface area contributed by atoms with Gasteiger partial charge in [-0.1, -0.05) is 23.7 Å². The fourth-order valence-corrected chi connectivity index (χ4v) is 4.27. The molecule has 0 saturated heterocycles. The number of nitrogens with zero attached hydrogens (tertiary/aromatic N) is 1. The van der Waals surface area contributed by atoms with Crippen LogP contribution < -0.4 is 14.8 Å². The summed E-state index contributed by atoms with van der Waals surface area (Å²) in [5, 5.41) is 4.22. The third kappa shape index (κ3) is 3.90. The molecule has 3 aromatic carbocycles. The van der Waals surface area contributed by atoms with Crippen molar-refractivity contribution in [1.29, 1.82) is 0 Å². The number of rotatable bonds is 5. The first-order valence-electron chi connectivity index (χ1n) is 8.78. The SMILES string of the molecule is COc1ccc(C(=O)Nc2ccc(-c3nc4ccccc4s3)c(Cl)c2)cc1OC. The van der Waals surface area contributed by atoms with Crippen LogP contribution in [0.4, 0.5) is 5.69 Å². The average Bonchev–Trinajstić information content (AvgIpc) is 3.17. The van der Waals surface area contributed by atoms with Gasteiger partial charge in [0.05, 0.1) is 29.5 Å². The highest BCUT2D eigenvalue weighted by atomic mass is 35.5. The monoisotopic (exact) mass is 424 g/mol. The maximum atomic E-state index is 12.6. The molecule has 1 N–H and O–H groups in total. The van der Waals surface area contributed by atoms with Crippen LogP contribution in [0.25, 0.3) is 20.8 Å². The second kappa shape index (κ2) is 8.11. The second-order valence-electron chi connectivity index (χ2n) is 6.21. The summed E-state index contributed by atoms with van der Waals surface area (Å²) in [6.07, 6.45) is 0. The number of ether oxygens (including phenoxy) is 2. The van der Waals surface area contributed by atoms with Crippen LogP contribution in [0.3, 0.4) is 0 Å². The van der Waals surface area contributed by atoms with Crippen molar-refractivity contribution < 1.29 is 14.3 Å². The third-order valence-electron chi connectivity index (χ3n) is 4.40. The summed E-state index contributed by atoms with van der Waals surface area (Å²) < 4.78 is 11.6. The first-order chi connectivity index (χ1) is 14.1. The molecule has 0 atom stereocenters. The summed E-state index contributed by atoms with van der Waals surface area (Å²) >= 11 is 8.07. The van der Waals surface area contributed by atoms with Crippen LogP contribution in [0.2, 0.25) is 5.02 Å². The first-order valence-corrected chi connectivity index (χ1v) is 9.97. The van der Waals surface area contributed by atoms with Crippen LogP contribution in [-0.2, 0) is 0 Å². The summed E-state index contributed by atoms with van der Waals surface area (Å²) in [5.41, 5.74) is 2.82. The summed E-state index contributed by atoms with van der Waals surface area (Å²) in [5.74, 6) is 0.784. The van der Waals surface area contributed by atoms with Gasteiger partial charge in [-0.05, 0) is 48.5 Å². The van der Waals surface area contributed by atoms with Crippen molar-refractivity contribution in [1.82, 2.24) is 4.98 Å². The minimum absolute atomic E-state index is 0.269. The number of amides is 1. The number of aromatic nitrogens is 1. The molecule has 0 spiro atoms. The molecule has 1 amide bonds. The molecule has 0 radical (unpaired) electrons.